The molecule has 0 fully saturated rings. The molecule has 0 saturated carbocycles. The van der Waals surface area contributed by atoms with Crippen LogP contribution in [0.3, 0.4) is 0 Å². The zero-order valence-corrected chi connectivity index (χ0v) is 11.5. The molecule has 0 amide bonds. The van der Waals surface area contributed by atoms with Crippen molar-refractivity contribution >= 4 is 0 Å². The zero-order chi connectivity index (χ0) is 13.7. The number of aromatic amines is 1. The molecule has 1 aromatic heterocycles. The van der Waals surface area contributed by atoms with Crippen LogP contribution in [0.4, 0.5) is 0 Å². The van der Waals surface area contributed by atoms with Gasteiger partial charge in [0.25, 0.3) is 0 Å². The van der Waals surface area contributed by atoms with E-state index >= 15 is 0 Å². The summed E-state index contributed by atoms with van der Waals surface area (Å²) in [5.74, 6) is 0.324. The van der Waals surface area contributed by atoms with E-state index in [0.29, 0.717) is 11.8 Å². The Balaban J connectivity index is 1.74. The molecule has 0 aliphatic heterocycles. The van der Waals surface area contributed by atoms with Gasteiger partial charge in [0.05, 0.1) is 6.20 Å². The number of benzene rings is 1. The fourth-order valence-corrected chi connectivity index (χ4v) is 1.99. The van der Waals surface area contributed by atoms with Gasteiger partial charge in [-0.2, -0.15) is 5.10 Å². The first-order chi connectivity index (χ1) is 9.15. The molecule has 19 heavy (non-hydrogen) atoms. The highest BCUT2D eigenvalue weighted by Crippen LogP contribution is 2.12. The summed E-state index contributed by atoms with van der Waals surface area (Å²) in [5.41, 5.74) is 3.60. The molecule has 0 radical (unpaired) electrons. The van der Waals surface area contributed by atoms with Gasteiger partial charge in [-0.05, 0) is 44.4 Å². The third kappa shape index (κ3) is 4.10. The first kappa shape index (κ1) is 13.6. The molecular formula is C15H21N3O. The van der Waals surface area contributed by atoms with Crippen molar-refractivity contribution in [1.82, 2.24) is 15.5 Å². The van der Waals surface area contributed by atoms with Crippen LogP contribution in [0.25, 0.3) is 0 Å². The summed E-state index contributed by atoms with van der Waals surface area (Å²) in [6.07, 6.45) is 3.95. The van der Waals surface area contributed by atoms with Crippen LogP contribution >= 0.6 is 0 Å². The number of aromatic nitrogens is 2. The van der Waals surface area contributed by atoms with Crippen LogP contribution in [-0.2, 0) is 13.0 Å². The van der Waals surface area contributed by atoms with Crippen LogP contribution in [0, 0.1) is 6.92 Å². The number of hydrogen-bond donors (Lipinski definition) is 3. The number of nitrogens with one attached hydrogen (secondary N) is 2. The van der Waals surface area contributed by atoms with Crippen LogP contribution in [-0.4, -0.2) is 21.3 Å². The lowest BCUT2D eigenvalue weighted by Gasteiger charge is -2.13. The van der Waals surface area contributed by atoms with E-state index in [1.165, 1.54) is 11.1 Å². The fourth-order valence-electron chi connectivity index (χ4n) is 1.99. The van der Waals surface area contributed by atoms with Crippen LogP contribution in [0.5, 0.6) is 5.75 Å². The Bertz CT molecular complexity index is 504. The van der Waals surface area contributed by atoms with Gasteiger partial charge >= 0.3 is 0 Å². The second kappa shape index (κ2) is 6.38. The number of nitrogens with zero attached hydrogens (tertiary/aromatic N) is 1. The first-order valence-electron chi connectivity index (χ1n) is 6.65. The van der Waals surface area contributed by atoms with Crippen molar-refractivity contribution in [2.75, 3.05) is 0 Å². The third-order valence-corrected chi connectivity index (χ3v) is 3.38. The van der Waals surface area contributed by atoms with Gasteiger partial charge in [-0.25, -0.2) is 0 Å². The summed E-state index contributed by atoms with van der Waals surface area (Å²) in [6, 6.07) is 7.87. The molecule has 2 rings (SSSR count). The number of aryl methyl sites for hydroxylation is 2. The molecule has 4 heteroatoms. The van der Waals surface area contributed by atoms with Crippen molar-refractivity contribution in [2.24, 2.45) is 0 Å². The Morgan fingerprint density at radius 2 is 2.05 bits per heavy atom. The molecule has 1 heterocycles. The number of H-pyrrole nitrogens is 1. The molecule has 102 valence electrons. The van der Waals surface area contributed by atoms with E-state index in [2.05, 4.69) is 22.4 Å². The molecule has 1 unspecified atom stereocenters. The summed E-state index contributed by atoms with van der Waals surface area (Å²) >= 11 is 0. The molecule has 0 aliphatic rings. The quantitative estimate of drug-likeness (QED) is 0.747. The molecule has 1 aromatic carbocycles. The average Bonchev–Trinajstić information content (AvgIpc) is 2.81. The van der Waals surface area contributed by atoms with Crippen LogP contribution in [0.2, 0.25) is 0 Å². The predicted octanol–water partition coefficient (Wildman–Crippen LogP) is 2.53. The lowest BCUT2D eigenvalue weighted by atomic mass is 10.1. The van der Waals surface area contributed by atoms with Crippen molar-refractivity contribution < 1.29 is 5.11 Å². The minimum absolute atomic E-state index is 0.324. The van der Waals surface area contributed by atoms with Crippen LogP contribution in [0.15, 0.2) is 30.5 Å². The molecule has 3 N–H and O–H groups in total. The van der Waals surface area contributed by atoms with E-state index in [4.69, 9.17) is 0 Å². The lowest BCUT2D eigenvalue weighted by Crippen LogP contribution is -2.26. The fraction of sp³-hybridized carbons (Fsp3) is 0.400. The summed E-state index contributed by atoms with van der Waals surface area (Å²) in [5, 5.41) is 19.7. The molecule has 2 aromatic rings. The van der Waals surface area contributed by atoms with Gasteiger partial charge in [0.2, 0.25) is 0 Å². The van der Waals surface area contributed by atoms with Gasteiger partial charge in [-0.1, -0.05) is 12.1 Å². The second-order valence-electron chi connectivity index (χ2n) is 5.01. The van der Waals surface area contributed by atoms with E-state index < -0.39 is 0 Å². The van der Waals surface area contributed by atoms with Gasteiger partial charge < -0.3 is 10.4 Å². The summed E-state index contributed by atoms with van der Waals surface area (Å²) < 4.78 is 0. The molecular weight excluding hydrogens is 238 g/mol. The highest BCUT2D eigenvalue weighted by atomic mass is 16.3. The minimum atomic E-state index is 0.324. The predicted molar refractivity (Wildman–Crippen MR) is 76.1 cm³/mol. The van der Waals surface area contributed by atoms with E-state index in [1.807, 2.05) is 25.3 Å². The number of rotatable bonds is 6. The highest BCUT2D eigenvalue weighted by molar-refractivity contribution is 5.25. The molecule has 0 aliphatic carbocycles. The van der Waals surface area contributed by atoms with Crippen molar-refractivity contribution in [1.29, 1.82) is 0 Å². The summed E-state index contributed by atoms with van der Waals surface area (Å²) in [6.45, 7) is 5.07. The van der Waals surface area contributed by atoms with Gasteiger partial charge in [-0.3, -0.25) is 5.10 Å². The number of phenols is 1. The van der Waals surface area contributed by atoms with E-state index in [1.54, 1.807) is 12.1 Å². The molecule has 4 nitrogen and oxygen atoms in total. The second-order valence-corrected chi connectivity index (χ2v) is 5.01. The summed E-state index contributed by atoms with van der Waals surface area (Å²) in [4.78, 5) is 0. The standard InChI is InChI=1S/C15H21N3O/c1-11(16-9-14-10-17-18-12(14)2)3-4-13-5-7-15(19)8-6-13/h5-8,10-11,16,19H,3-4,9H2,1-2H3,(H,17,18). The van der Waals surface area contributed by atoms with Gasteiger partial charge in [0.1, 0.15) is 5.75 Å². The average molecular weight is 259 g/mol. The molecule has 1 atom stereocenters. The van der Waals surface area contributed by atoms with Crippen LogP contribution < -0.4 is 5.32 Å². The highest BCUT2D eigenvalue weighted by Gasteiger charge is 2.05. The third-order valence-electron chi connectivity index (χ3n) is 3.38. The van der Waals surface area contributed by atoms with Crippen molar-refractivity contribution in [3.05, 3.63) is 47.3 Å². The van der Waals surface area contributed by atoms with Gasteiger partial charge in [-0.15, -0.1) is 0 Å². The largest absolute Gasteiger partial charge is 0.508 e. The van der Waals surface area contributed by atoms with E-state index in [9.17, 15) is 5.11 Å². The smallest absolute Gasteiger partial charge is 0.115 e. The Morgan fingerprint density at radius 1 is 1.32 bits per heavy atom. The van der Waals surface area contributed by atoms with E-state index in [0.717, 1.165) is 25.1 Å². The maximum atomic E-state index is 9.23. The Labute approximate surface area is 113 Å². The van der Waals surface area contributed by atoms with Gasteiger partial charge in [0, 0.05) is 23.8 Å². The Morgan fingerprint density at radius 3 is 2.68 bits per heavy atom. The van der Waals surface area contributed by atoms with Crippen LogP contribution in [0.1, 0.15) is 30.2 Å². The number of aromatic hydroxyl groups is 1. The lowest BCUT2D eigenvalue weighted by molar-refractivity contribution is 0.474. The SMILES string of the molecule is Cc1[nH]ncc1CNC(C)CCc1ccc(O)cc1. The number of hydrogen-bond acceptors (Lipinski definition) is 3. The van der Waals surface area contributed by atoms with E-state index in [-0.39, 0.29) is 0 Å². The normalized spacial score (nSPS) is 12.5. The monoisotopic (exact) mass is 259 g/mol. The maximum absolute atomic E-state index is 9.23. The Hall–Kier alpha value is -1.81. The zero-order valence-electron chi connectivity index (χ0n) is 11.5. The van der Waals surface area contributed by atoms with Crippen molar-refractivity contribution in [2.45, 2.75) is 39.3 Å². The van der Waals surface area contributed by atoms with Gasteiger partial charge in [0.15, 0.2) is 0 Å². The van der Waals surface area contributed by atoms with Crippen molar-refractivity contribution in [3.63, 3.8) is 0 Å². The molecule has 0 saturated heterocycles. The molecule has 0 bridgehead atoms. The maximum Gasteiger partial charge on any atom is 0.115 e. The Kier molecular flexibility index (Phi) is 4.58. The number of phenolic OH excluding ortho intramolecular Hbond substituents is 1. The van der Waals surface area contributed by atoms with Crippen molar-refractivity contribution in [3.8, 4) is 5.75 Å². The minimum Gasteiger partial charge on any atom is -0.508 e. The molecule has 0 spiro atoms. The summed E-state index contributed by atoms with van der Waals surface area (Å²) in [7, 11) is 0. The first-order valence-corrected chi connectivity index (χ1v) is 6.65. The topological polar surface area (TPSA) is 60.9 Å².